The van der Waals surface area contributed by atoms with Crippen LogP contribution in [0.4, 0.5) is 0 Å². The standard InChI is InChI=1S/C9H12N2O2S/c1-2-13-9(12)7(5-10)8-6-14-4-3-11-8/h11H,2-4,6H2,1H3/b8-7+. The van der Waals surface area contributed by atoms with Gasteiger partial charge >= 0.3 is 5.97 Å². The number of rotatable bonds is 2. The van der Waals surface area contributed by atoms with Crippen molar-refractivity contribution in [1.82, 2.24) is 5.32 Å². The number of hydrogen-bond acceptors (Lipinski definition) is 5. The Morgan fingerprint density at radius 1 is 1.79 bits per heavy atom. The molecule has 1 N–H and O–H groups in total. The molecule has 0 radical (unpaired) electrons. The average molecular weight is 212 g/mol. The fraction of sp³-hybridized carbons (Fsp3) is 0.556. The molecule has 76 valence electrons. The highest BCUT2D eigenvalue weighted by atomic mass is 32.2. The van der Waals surface area contributed by atoms with Gasteiger partial charge in [0.05, 0.1) is 6.61 Å². The second-order valence-corrected chi connectivity index (χ2v) is 3.77. The van der Waals surface area contributed by atoms with Crippen LogP contribution < -0.4 is 5.32 Å². The Balaban J connectivity index is 2.77. The maximum absolute atomic E-state index is 11.3. The minimum absolute atomic E-state index is 0.110. The number of thioether (sulfide) groups is 1. The van der Waals surface area contributed by atoms with Gasteiger partial charge in [-0.25, -0.2) is 4.79 Å². The van der Waals surface area contributed by atoms with E-state index in [1.807, 2.05) is 6.07 Å². The third-order valence-corrected chi connectivity index (χ3v) is 2.71. The third kappa shape index (κ3) is 2.67. The molecule has 0 saturated carbocycles. The molecule has 1 aliphatic heterocycles. The Morgan fingerprint density at radius 3 is 3.07 bits per heavy atom. The summed E-state index contributed by atoms with van der Waals surface area (Å²) in [4.78, 5) is 11.3. The highest BCUT2D eigenvalue weighted by Crippen LogP contribution is 2.14. The first kappa shape index (κ1) is 10.9. The Morgan fingerprint density at radius 2 is 2.57 bits per heavy atom. The van der Waals surface area contributed by atoms with Gasteiger partial charge in [0.15, 0.2) is 5.57 Å². The molecule has 0 aromatic rings. The van der Waals surface area contributed by atoms with Crippen LogP contribution in [0.5, 0.6) is 0 Å². The van der Waals surface area contributed by atoms with Gasteiger partial charge in [-0.2, -0.15) is 17.0 Å². The molecule has 1 saturated heterocycles. The number of carbonyl (C=O) groups is 1. The Bertz CT molecular complexity index is 286. The second-order valence-electron chi connectivity index (χ2n) is 2.67. The zero-order valence-electron chi connectivity index (χ0n) is 8.00. The molecule has 4 nitrogen and oxygen atoms in total. The molecular formula is C9H12N2O2S. The number of nitrogens with zero attached hydrogens (tertiary/aromatic N) is 1. The first-order chi connectivity index (χ1) is 6.79. The van der Waals surface area contributed by atoms with Crippen molar-refractivity contribution >= 4 is 17.7 Å². The highest BCUT2D eigenvalue weighted by molar-refractivity contribution is 7.99. The molecule has 0 aromatic carbocycles. The average Bonchev–Trinajstić information content (AvgIpc) is 2.21. The quantitative estimate of drug-likeness (QED) is 0.414. The lowest BCUT2D eigenvalue weighted by Crippen LogP contribution is -2.27. The van der Waals surface area contributed by atoms with Crippen molar-refractivity contribution in [2.75, 3.05) is 24.7 Å². The number of nitriles is 1. The van der Waals surface area contributed by atoms with Gasteiger partial charge in [0.1, 0.15) is 6.07 Å². The Hall–Kier alpha value is -1.15. The zero-order valence-corrected chi connectivity index (χ0v) is 8.82. The molecule has 0 aromatic heterocycles. The van der Waals surface area contributed by atoms with E-state index in [9.17, 15) is 4.79 Å². The summed E-state index contributed by atoms with van der Waals surface area (Å²) in [7, 11) is 0. The highest BCUT2D eigenvalue weighted by Gasteiger charge is 2.18. The molecule has 0 spiro atoms. The predicted octanol–water partition coefficient (Wildman–Crippen LogP) is 0.664. The molecule has 5 heteroatoms. The minimum Gasteiger partial charge on any atom is -0.462 e. The number of esters is 1. The fourth-order valence-corrected chi connectivity index (χ4v) is 1.94. The molecule has 1 aliphatic rings. The van der Waals surface area contributed by atoms with Crippen LogP contribution in [0.3, 0.4) is 0 Å². The van der Waals surface area contributed by atoms with Crippen molar-refractivity contribution in [3.05, 3.63) is 11.3 Å². The van der Waals surface area contributed by atoms with Gasteiger partial charge in [-0.15, -0.1) is 0 Å². The normalized spacial score (nSPS) is 19.1. The fourth-order valence-electron chi connectivity index (χ4n) is 1.10. The summed E-state index contributed by atoms with van der Waals surface area (Å²) in [5.41, 5.74) is 0.807. The molecule has 0 aliphatic carbocycles. The number of nitrogens with one attached hydrogen (secondary N) is 1. The smallest absolute Gasteiger partial charge is 0.350 e. The Labute approximate surface area is 87.3 Å². The van der Waals surface area contributed by atoms with Gasteiger partial charge in [0.25, 0.3) is 0 Å². The largest absolute Gasteiger partial charge is 0.462 e. The van der Waals surface area contributed by atoms with Crippen LogP contribution in [0.15, 0.2) is 11.3 Å². The van der Waals surface area contributed by atoms with E-state index < -0.39 is 5.97 Å². The summed E-state index contributed by atoms with van der Waals surface area (Å²) >= 11 is 1.70. The summed E-state index contributed by atoms with van der Waals surface area (Å²) in [6.45, 7) is 2.82. The molecular weight excluding hydrogens is 200 g/mol. The molecule has 0 amide bonds. The predicted molar refractivity (Wildman–Crippen MR) is 54.6 cm³/mol. The third-order valence-electron chi connectivity index (χ3n) is 1.72. The van der Waals surface area contributed by atoms with E-state index in [0.717, 1.165) is 12.3 Å². The summed E-state index contributed by atoms with van der Waals surface area (Å²) in [6.07, 6.45) is 0. The van der Waals surface area contributed by atoms with Crippen LogP contribution >= 0.6 is 11.8 Å². The van der Waals surface area contributed by atoms with E-state index in [0.29, 0.717) is 18.1 Å². The van der Waals surface area contributed by atoms with E-state index in [-0.39, 0.29) is 5.57 Å². The lowest BCUT2D eigenvalue weighted by atomic mass is 10.2. The van der Waals surface area contributed by atoms with Crippen LogP contribution in [-0.4, -0.2) is 30.6 Å². The first-order valence-electron chi connectivity index (χ1n) is 4.41. The summed E-state index contributed by atoms with van der Waals surface area (Å²) in [5.74, 6) is 1.16. The second kappa shape index (κ2) is 5.55. The number of hydrogen-bond donors (Lipinski definition) is 1. The van der Waals surface area contributed by atoms with Crippen LogP contribution in [0.1, 0.15) is 6.92 Å². The van der Waals surface area contributed by atoms with E-state index in [1.165, 1.54) is 0 Å². The van der Waals surface area contributed by atoms with Crippen molar-refractivity contribution < 1.29 is 9.53 Å². The van der Waals surface area contributed by atoms with Crippen LogP contribution in [-0.2, 0) is 9.53 Å². The van der Waals surface area contributed by atoms with Gasteiger partial charge in [-0.3, -0.25) is 0 Å². The topological polar surface area (TPSA) is 62.1 Å². The lowest BCUT2D eigenvalue weighted by molar-refractivity contribution is -0.138. The summed E-state index contributed by atoms with van der Waals surface area (Å²) in [6, 6.07) is 1.89. The summed E-state index contributed by atoms with van der Waals surface area (Å²) < 4.78 is 4.78. The van der Waals surface area contributed by atoms with E-state index in [1.54, 1.807) is 18.7 Å². The molecule has 1 heterocycles. The molecule has 1 rings (SSSR count). The lowest BCUT2D eigenvalue weighted by Gasteiger charge is -2.17. The molecule has 0 bridgehead atoms. The Kier molecular flexibility index (Phi) is 4.33. The van der Waals surface area contributed by atoms with Gasteiger partial charge in [0.2, 0.25) is 0 Å². The minimum atomic E-state index is -0.528. The first-order valence-corrected chi connectivity index (χ1v) is 5.57. The maximum atomic E-state index is 11.3. The van der Waals surface area contributed by atoms with Gasteiger partial charge in [-0.05, 0) is 6.92 Å². The monoisotopic (exact) mass is 212 g/mol. The maximum Gasteiger partial charge on any atom is 0.350 e. The van der Waals surface area contributed by atoms with E-state index in [2.05, 4.69) is 5.32 Å². The van der Waals surface area contributed by atoms with E-state index in [4.69, 9.17) is 10.00 Å². The van der Waals surface area contributed by atoms with Crippen molar-refractivity contribution in [2.24, 2.45) is 0 Å². The van der Waals surface area contributed by atoms with Gasteiger partial charge < -0.3 is 10.1 Å². The molecule has 0 unspecified atom stereocenters. The molecule has 0 atom stereocenters. The van der Waals surface area contributed by atoms with Crippen molar-refractivity contribution in [1.29, 1.82) is 5.26 Å². The van der Waals surface area contributed by atoms with Crippen molar-refractivity contribution in [3.63, 3.8) is 0 Å². The number of carbonyl (C=O) groups excluding carboxylic acids is 1. The molecule has 14 heavy (non-hydrogen) atoms. The SMILES string of the molecule is CCOC(=O)/C(C#N)=C1\CSCCN1. The van der Waals surface area contributed by atoms with Crippen molar-refractivity contribution in [3.8, 4) is 6.07 Å². The van der Waals surface area contributed by atoms with Crippen LogP contribution in [0.2, 0.25) is 0 Å². The van der Waals surface area contributed by atoms with Crippen LogP contribution in [0, 0.1) is 11.3 Å². The molecule has 1 fully saturated rings. The number of ether oxygens (including phenoxy) is 1. The van der Waals surface area contributed by atoms with Gasteiger partial charge in [-0.1, -0.05) is 0 Å². The van der Waals surface area contributed by atoms with Gasteiger partial charge in [0, 0.05) is 23.7 Å². The zero-order chi connectivity index (χ0) is 10.4. The summed E-state index contributed by atoms with van der Waals surface area (Å²) in [5, 5.41) is 11.9. The van der Waals surface area contributed by atoms with Crippen molar-refractivity contribution in [2.45, 2.75) is 6.92 Å². The van der Waals surface area contributed by atoms with E-state index >= 15 is 0 Å². The van der Waals surface area contributed by atoms with Crippen LogP contribution in [0.25, 0.3) is 0 Å².